The van der Waals surface area contributed by atoms with Crippen molar-refractivity contribution in [2.45, 2.75) is 19.4 Å². The highest BCUT2D eigenvalue weighted by Crippen LogP contribution is 2.07. The minimum absolute atomic E-state index is 0.168. The molecule has 92 valence electrons. The molecule has 1 atom stereocenters. The number of rotatable bonds is 5. The Balaban J connectivity index is 2.79. The van der Waals surface area contributed by atoms with E-state index < -0.39 is 12.0 Å². The van der Waals surface area contributed by atoms with Gasteiger partial charge >= 0.3 is 5.97 Å². The van der Waals surface area contributed by atoms with Crippen LogP contribution in [0.2, 0.25) is 0 Å². The van der Waals surface area contributed by atoms with Gasteiger partial charge in [-0.2, -0.15) is 0 Å². The molecule has 0 bridgehead atoms. The maximum absolute atomic E-state index is 11.6. The van der Waals surface area contributed by atoms with Gasteiger partial charge in [0.15, 0.2) is 0 Å². The van der Waals surface area contributed by atoms with E-state index in [1.54, 1.807) is 24.3 Å². The van der Waals surface area contributed by atoms with E-state index in [1.807, 2.05) is 6.92 Å². The van der Waals surface area contributed by atoms with Gasteiger partial charge in [0.1, 0.15) is 6.04 Å². The third-order valence-corrected chi connectivity index (χ3v) is 2.30. The first-order valence-corrected chi connectivity index (χ1v) is 5.40. The normalized spacial score (nSPS) is 11.9. The number of carboxylic acids is 1. The molecule has 4 N–H and O–H groups in total. The maximum atomic E-state index is 11.6. The second kappa shape index (κ2) is 6.00. The van der Waals surface area contributed by atoms with Crippen LogP contribution in [0.25, 0.3) is 0 Å². The van der Waals surface area contributed by atoms with Crippen molar-refractivity contribution in [3.05, 3.63) is 35.4 Å². The molecule has 1 unspecified atom stereocenters. The van der Waals surface area contributed by atoms with E-state index in [-0.39, 0.29) is 12.3 Å². The van der Waals surface area contributed by atoms with Gasteiger partial charge in [-0.3, -0.25) is 9.59 Å². The van der Waals surface area contributed by atoms with Gasteiger partial charge in [-0.05, 0) is 31.0 Å². The topological polar surface area (TPSA) is 92.4 Å². The van der Waals surface area contributed by atoms with E-state index in [9.17, 15) is 9.59 Å². The van der Waals surface area contributed by atoms with Crippen LogP contribution < -0.4 is 11.1 Å². The van der Waals surface area contributed by atoms with Crippen molar-refractivity contribution >= 4 is 11.9 Å². The van der Waals surface area contributed by atoms with E-state index in [4.69, 9.17) is 10.8 Å². The first-order valence-electron chi connectivity index (χ1n) is 5.40. The third kappa shape index (κ3) is 3.88. The number of amides is 1. The molecule has 0 saturated heterocycles. The van der Waals surface area contributed by atoms with E-state index in [1.165, 1.54) is 0 Å². The lowest BCUT2D eigenvalue weighted by Gasteiger charge is -2.08. The van der Waals surface area contributed by atoms with Crippen LogP contribution in [0.4, 0.5) is 0 Å². The second-order valence-electron chi connectivity index (χ2n) is 3.71. The fourth-order valence-electron chi connectivity index (χ4n) is 1.44. The number of hydrogen-bond donors (Lipinski definition) is 3. The number of nitrogens with two attached hydrogens (primary N) is 1. The van der Waals surface area contributed by atoms with Crippen LogP contribution in [-0.2, 0) is 11.2 Å². The molecule has 17 heavy (non-hydrogen) atoms. The van der Waals surface area contributed by atoms with Crippen molar-refractivity contribution in [1.82, 2.24) is 5.32 Å². The zero-order valence-electron chi connectivity index (χ0n) is 9.64. The smallest absolute Gasteiger partial charge is 0.320 e. The summed E-state index contributed by atoms with van der Waals surface area (Å²) in [4.78, 5) is 22.2. The number of benzene rings is 1. The fraction of sp³-hybridized carbons (Fsp3) is 0.333. The quantitative estimate of drug-likeness (QED) is 0.689. The van der Waals surface area contributed by atoms with Crippen LogP contribution in [-0.4, -0.2) is 29.6 Å². The number of carbonyl (C=O) groups is 2. The molecule has 1 aromatic rings. The summed E-state index contributed by atoms with van der Waals surface area (Å²) in [6.07, 6.45) is 0.211. The van der Waals surface area contributed by atoms with Gasteiger partial charge in [0.25, 0.3) is 5.91 Å². The summed E-state index contributed by atoms with van der Waals surface area (Å²) >= 11 is 0. The minimum Gasteiger partial charge on any atom is -0.480 e. The molecule has 1 rings (SSSR count). The average molecular weight is 236 g/mol. The molecule has 0 saturated carbocycles. The Morgan fingerprint density at radius 3 is 2.76 bits per heavy atom. The number of aliphatic carboxylic acids is 1. The van der Waals surface area contributed by atoms with E-state index in [0.717, 1.165) is 5.56 Å². The molecule has 5 nitrogen and oxygen atoms in total. The first kappa shape index (κ1) is 13.2. The second-order valence-corrected chi connectivity index (χ2v) is 3.71. The molecule has 1 amide bonds. The highest BCUT2D eigenvalue weighted by Gasteiger charge is 2.13. The molecule has 1 aromatic carbocycles. The molecule has 0 aliphatic rings. The molecule has 0 radical (unpaired) electrons. The number of carbonyl (C=O) groups excluding carboxylic acids is 1. The highest BCUT2D eigenvalue weighted by molar-refractivity contribution is 5.94. The van der Waals surface area contributed by atoms with Gasteiger partial charge in [0.2, 0.25) is 0 Å². The van der Waals surface area contributed by atoms with Crippen LogP contribution >= 0.6 is 0 Å². The number of nitrogens with one attached hydrogen (secondary N) is 1. The molecular weight excluding hydrogens is 220 g/mol. The minimum atomic E-state index is -1.05. The summed E-state index contributed by atoms with van der Waals surface area (Å²) in [5, 5.41) is 11.4. The molecular formula is C12H16N2O3. The van der Waals surface area contributed by atoms with Crippen molar-refractivity contribution in [1.29, 1.82) is 0 Å². The highest BCUT2D eigenvalue weighted by atomic mass is 16.4. The largest absolute Gasteiger partial charge is 0.480 e. The summed E-state index contributed by atoms with van der Waals surface area (Å²) in [6, 6.07) is 5.87. The van der Waals surface area contributed by atoms with Gasteiger partial charge in [0, 0.05) is 12.1 Å². The standard InChI is InChI=1S/C12H16N2O3/c1-2-14-11(15)9-5-3-4-8(6-9)7-10(13)12(16)17/h3-6,10H,2,7,13H2,1H3,(H,14,15)(H,16,17). The summed E-state index contributed by atoms with van der Waals surface area (Å²) in [5.41, 5.74) is 6.69. The Bertz CT molecular complexity index is 418. The predicted molar refractivity (Wildman–Crippen MR) is 63.8 cm³/mol. The molecule has 5 heteroatoms. The van der Waals surface area contributed by atoms with E-state index >= 15 is 0 Å². The number of hydrogen-bond acceptors (Lipinski definition) is 3. The molecule has 0 aliphatic carbocycles. The van der Waals surface area contributed by atoms with Gasteiger partial charge in [-0.15, -0.1) is 0 Å². The van der Waals surface area contributed by atoms with Gasteiger partial charge < -0.3 is 16.2 Å². The van der Waals surface area contributed by atoms with Crippen molar-refractivity contribution in [3.8, 4) is 0 Å². The number of carboxylic acid groups (broad SMARTS) is 1. The Morgan fingerprint density at radius 2 is 2.18 bits per heavy atom. The van der Waals surface area contributed by atoms with Gasteiger partial charge in [0.05, 0.1) is 0 Å². The molecule has 0 spiro atoms. The molecule has 0 heterocycles. The fourth-order valence-corrected chi connectivity index (χ4v) is 1.44. The monoisotopic (exact) mass is 236 g/mol. The van der Waals surface area contributed by atoms with Crippen molar-refractivity contribution in [2.24, 2.45) is 5.73 Å². The lowest BCUT2D eigenvalue weighted by Crippen LogP contribution is -2.32. The van der Waals surface area contributed by atoms with Crippen molar-refractivity contribution in [2.75, 3.05) is 6.54 Å². The SMILES string of the molecule is CCNC(=O)c1cccc(CC(N)C(=O)O)c1. The van der Waals surface area contributed by atoms with Gasteiger partial charge in [-0.1, -0.05) is 12.1 Å². The summed E-state index contributed by atoms with van der Waals surface area (Å²) < 4.78 is 0. The lowest BCUT2D eigenvalue weighted by atomic mass is 10.0. The zero-order chi connectivity index (χ0) is 12.8. The summed E-state index contributed by atoms with van der Waals surface area (Å²) in [5.74, 6) is -1.22. The van der Waals surface area contributed by atoms with Crippen LogP contribution in [0, 0.1) is 0 Å². The van der Waals surface area contributed by atoms with Gasteiger partial charge in [-0.25, -0.2) is 0 Å². The lowest BCUT2D eigenvalue weighted by molar-refractivity contribution is -0.138. The molecule has 0 aromatic heterocycles. The Kier molecular flexibility index (Phi) is 4.66. The van der Waals surface area contributed by atoms with Crippen LogP contribution in [0.15, 0.2) is 24.3 Å². The van der Waals surface area contributed by atoms with Crippen LogP contribution in [0.3, 0.4) is 0 Å². The van der Waals surface area contributed by atoms with E-state index in [2.05, 4.69) is 5.32 Å². The summed E-state index contributed by atoms with van der Waals surface area (Å²) in [6.45, 7) is 2.39. The summed E-state index contributed by atoms with van der Waals surface area (Å²) in [7, 11) is 0. The maximum Gasteiger partial charge on any atom is 0.320 e. The third-order valence-electron chi connectivity index (χ3n) is 2.30. The van der Waals surface area contributed by atoms with Crippen molar-refractivity contribution in [3.63, 3.8) is 0 Å². The Labute approximate surface area is 99.6 Å². The first-order chi connectivity index (χ1) is 8.04. The van der Waals surface area contributed by atoms with E-state index in [0.29, 0.717) is 12.1 Å². The predicted octanol–water partition coefficient (Wildman–Crippen LogP) is 0.391. The molecule has 0 aliphatic heterocycles. The zero-order valence-corrected chi connectivity index (χ0v) is 9.64. The van der Waals surface area contributed by atoms with Crippen LogP contribution in [0.1, 0.15) is 22.8 Å². The van der Waals surface area contributed by atoms with Crippen molar-refractivity contribution < 1.29 is 14.7 Å². The van der Waals surface area contributed by atoms with Crippen LogP contribution in [0.5, 0.6) is 0 Å². The molecule has 0 fully saturated rings. The Hall–Kier alpha value is -1.88. The average Bonchev–Trinajstić information content (AvgIpc) is 2.29. The Morgan fingerprint density at radius 1 is 1.47 bits per heavy atom.